The zero-order valence-corrected chi connectivity index (χ0v) is 21.4. The third-order valence-corrected chi connectivity index (χ3v) is 5.94. The highest BCUT2D eigenvalue weighted by Crippen LogP contribution is 2.42. The van der Waals surface area contributed by atoms with Crippen molar-refractivity contribution in [1.29, 1.82) is 0 Å². The highest BCUT2D eigenvalue weighted by atomic mass is 35.5. The predicted octanol–water partition coefficient (Wildman–Crippen LogP) is 6.48. The van der Waals surface area contributed by atoms with E-state index in [0.717, 1.165) is 5.57 Å². The average Bonchev–Trinajstić information content (AvgIpc) is 3.29. The summed E-state index contributed by atoms with van der Waals surface area (Å²) in [7, 11) is 1.51. The molecule has 2 aromatic carbocycles. The summed E-state index contributed by atoms with van der Waals surface area (Å²) in [6.45, 7) is 6.16. The van der Waals surface area contributed by atoms with Gasteiger partial charge in [0, 0.05) is 46.3 Å². The molecule has 2 amide bonds. The number of pyridine rings is 1. The number of carbonyl (C=O) groups is 2. The smallest absolute Gasteiger partial charge is 0.410 e. The summed E-state index contributed by atoms with van der Waals surface area (Å²) in [6, 6.07) is 10.3. The van der Waals surface area contributed by atoms with Crippen LogP contribution in [0.15, 0.2) is 48.7 Å². The first kappa shape index (κ1) is 24.8. The molecule has 182 valence electrons. The number of amides is 2. The molecule has 0 fully saturated rings. The number of halogens is 2. The Morgan fingerprint density at radius 2 is 1.86 bits per heavy atom. The number of benzene rings is 2. The lowest BCUT2D eigenvalue weighted by atomic mass is 10.0. The standard InChI is InChI=1S/C26H25Cl2N3O4/c1-26(2,3)35-25(33)30-10-9-16(14-30)20-13-29-21-7-5-17(27)11-19(21)24(20)31(15-32)22-8-6-18(28)12-23(22)34-4/h5-9,11-13,15H,10,14H2,1-4H3. The molecule has 0 aliphatic carbocycles. The van der Waals surface area contributed by atoms with E-state index in [1.165, 1.54) is 12.0 Å². The third kappa shape index (κ3) is 5.21. The quantitative estimate of drug-likeness (QED) is 0.365. The van der Waals surface area contributed by atoms with Crippen molar-refractivity contribution in [2.24, 2.45) is 0 Å². The molecule has 2 heterocycles. The minimum Gasteiger partial charge on any atom is -0.495 e. The molecule has 0 radical (unpaired) electrons. The van der Waals surface area contributed by atoms with Crippen LogP contribution < -0.4 is 9.64 Å². The fourth-order valence-electron chi connectivity index (χ4n) is 3.94. The number of nitrogens with zero attached hydrogens (tertiary/aromatic N) is 3. The fourth-order valence-corrected chi connectivity index (χ4v) is 4.28. The van der Waals surface area contributed by atoms with Gasteiger partial charge in [-0.25, -0.2) is 4.79 Å². The molecule has 0 spiro atoms. The first-order valence-electron chi connectivity index (χ1n) is 10.9. The summed E-state index contributed by atoms with van der Waals surface area (Å²) in [5, 5.41) is 1.66. The molecule has 0 unspecified atom stereocenters. The number of hydrogen-bond donors (Lipinski definition) is 0. The zero-order valence-electron chi connectivity index (χ0n) is 19.8. The number of aromatic nitrogens is 1. The molecule has 1 aromatic heterocycles. The maximum atomic E-state index is 12.6. The van der Waals surface area contributed by atoms with Crippen LogP contribution in [0.4, 0.5) is 16.2 Å². The maximum absolute atomic E-state index is 12.6. The maximum Gasteiger partial charge on any atom is 0.410 e. The van der Waals surface area contributed by atoms with Gasteiger partial charge in [0.1, 0.15) is 11.4 Å². The van der Waals surface area contributed by atoms with E-state index in [-0.39, 0.29) is 0 Å². The molecule has 0 saturated carbocycles. The summed E-state index contributed by atoms with van der Waals surface area (Å²) >= 11 is 12.5. The summed E-state index contributed by atoms with van der Waals surface area (Å²) < 4.78 is 11.0. The first-order chi connectivity index (χ1) is 16.6. The Bertz CT molecular complexity index is 1330. The molecule has 4 rings (SSSR count). The van der Waals surface area contributed by atoms with Gasteiger partial charge in [0.25, 0.3) is 0 Å². The fraction of sp³-hybridized carbons (Fsp3) is 0.269. The second kappa shape index (κ2) is 9.76. The minimum absolute atomic E-state index is 0.306. The molecule has 9 heteroatoms. The Hall–Kier alpha value is -3.29. The number of methoxy groups -OCH3 is 1. The van der Waals surface area contributed by atoms with Crippen LogP contribution in [0, 0.1) is 0 Å². The molecule has 0 atom stereocenters. The molecular weight excluding hydrogens is 489 g/mol. The van der Waals surface area contributed by atoms with Crippen molar-refractivity contribution in [3.8, 4) is 5.75 Å². The average molecular weight is 514 g/mol. The minimum atomic E-state index is -0.605. The Labute approximate surface area is 213 Å². The van der Waals surface area contributed by atoms with Crippen molar-refractivity contribution < 1.29 is 19.1 Å². The number of hydrogen-bond acceptors (Lipinski definition) is 5. The van der Waals surface area contributed by atoms with E-state index in [9.17, 15) is 9.59 Å². The Morgan fingerprint density at radius 1 is 1.14 bits per heavy atom. The molecule has 0 N–H and O–H groups in total. The highest BCUT2D eigenvalue weighted by Gasteiger charge is 2.29. The molecule has 7 nitrogen and oxygen atoms in total. The Balaban J connectivity index is 1.85. The number of rotatable bonds is 5. The number of carbonyl (C=O) groups excluding carboxylic acids is 2. The van der Waals surface area contributed by atoms with Gasteiger partial charge >= 0.3 is 6.09 Å². The topological polar surface area (TPSA) is 72.0 Å². The van der Waals surface area contributed by atoms with Crippen molar-refractivity contribution in [3.63, 3.8) is 0 Å². The Kier molecular flexibility index (Phi) is 6.92. The molecule has 0 saturated heterocycles. The van der Waals surface area contributed by atoms with Crippen LogP contribution in [0.3, 0.4) is 0 Å². The van der Waals surface area contributed by atoms with Gasteiger partial charge in [0.2, 0.25) is 6.41 Å². The lowest BCUT2D eigenvalue weighted by Crippen LogP contribution is -2.35. The van der Waals surface area contributed by atoms with Gasteiger partial charge in [0.15, 0.2) is 0 Å². The van der Waals surface area contributed by atoms with Crippen LogP contribution in [0.2, 0.25) is 10.0 Å². The van der Waals surface area contributed by atoms with Gasteiger partial charge in [-0.2, -0.15) is 0 Å². The second-order valence-electron chi connectivity index (χ2n) is 9.06. The van der Waals surface area contributed by atoms with Crippen molar-refractivity contribution in [2.45, 2.75) is 26.4 Å². The van der Waals surface area contributed by atoms with Gasteiger partial charge in [-0.15, -0.1) is 0 Å². The summed E-state index contributed by atoms with van der Waals surface area (Å²) in [6.07, 6.45) is 3.94. The lowest BCUT2D eigenvalue weighted by Gasteiger charge is -2.26. The van der Waals surface area contributed by atoms with E-state index >= 15 is 0 Å². The van der Waals surface area contributed by atoms with Gasteiger partial charge in [-0.1, -0.05) is 29.3 Å². The van der Waals surface area contributed by atoms with Crippen LogP contribution in [0.25, 0.3) is 16.5 Å². The van der Waals surface area contributed by atoms with Gasteiger partial charge in [0.05, 0.1) is 24.0 Å². The van der Waals surface area contributed by atoms with Crippen molar-refractivity contribution in [2.75, 3.05) is 25.1 Å². The molecule has 0 bridgehead atoms. The van der Waals surface area contributed by atoms with E-state index in [2.05, 4.69) is 4.98 Å². The Morgan fingerprint density at radius 3 is 2.54 bits per heavy atom. The highest BCUT2D eigenvalue weighted by molar-refractivity contribution is 6.32. The van der Waals surface area contributed by atoms with Crippen LogP contribution >= 0.6 is 23.2 Å². The van der Waals surface area contributed by atoms with Crippen LogP contribution in [0.5, 0.6) is 5.75 Å². The monoisotopic (exact) mass is 513 g/mol. The normalized spacial score (nSPS) is 13.5. The van der Waals surface area contributed by atoms with Crippen LogP contribution in [-0.4, -0.2) is 48.2 Å². The van der Waals surface area contributed by atoms with Crippen molar-refractivity contribution in [1.82, 2.24) is 9.88 Å². The summed E-state index contributed by atoms with van der Waals surface area (Å²) in [5.41, 5.74) is 2.66. The number of ether oxygens (including phenoxy) is 2. The van der Waals surface area contributed by atoms with Crippen LogP contribution in [0.1, 0.15) is 26.3 Å². The summed E-state index contributed by atoms with van der Waals surface area (Å²) in [4.78, 5) is 32.9. The van der Waals surface area contributed by atoms with Gasteiger partial charge in [-0.3, -0.25) is 14.7 Å². The third-order valence-electron chi connectivity index (χ3n) is 5.47. The molecule has 35 heavy (non-hydrogen) atoms. The summed E-state index contributed by atoms with van der Waals surface area (Å²) in [5.74, 6) is 0.429. The first-order valence-corrected chi connectivity index (χ1v) is 11.7. The predicted molar refractivity (Wildman–Crippen MR) is 139 cm³/mol. The molecule has 3 aromatic rings. The van der Waals surface area contributed by atoms with E-state index in [1.807, 2.05) is 26.8 Å². The van der Waals surface area contributed by atoms with E-state index in [0.29, 0.717) is 63.1 Å². The molecule has 1 aliphatic rings. The largest absolute Gasteiger partial charge is 0.495 e. The van der Waals surface area contributed by atoms with Crippen molar-refractivity contribution >= 4 is 63.6 Å². The van der Waals surface area contributed by atoms with E-state index in [4.69, 9.17) is 32.7 Å². The van der Waals surface area contributed by atoms with Gasteiger partial charge in [-0.05, 0) is 56.7 Å². The number of fused-ring (bicyclic) bond motifs is 1. The molecular formula is C26H25Cl2N3O4. The van der Waals surface area contributed by atoms with Gasteiger partial charge < -0.3 is 14.4 Å². The lowest BCUT2D eigenvalue weighted by molar-refractivity contribution is -0.106. The second-order valence-corrected chi connectivity index (χ2v) is 9.94. The van der Waals surface area contributed by atoms with E-state index in [1.54, 1.807) is 47.5 Å². The van der Waals surface area contributed by atoms with E-state index < -0.39 is 11.7 Å². The molecule has 1 aliphatic heterocycles. The van der Waals surface area contributed by atoms with Crippen molar-refractivity contribution in [3.05, 3.63) is 64.3 Å². The zero-order chi connectivity index (χ0) is 25.3. The number of anilines is 2. The van der Waals surface area contributed by atoms with Crippen LogP contribution in [-0.2, 0) is 9.53 Å². The SMILES string of the molecule is COc1cc(Cl)ccc1N(C=O)c1c(C2=CCN(C(=O)OC(C)(C)C)C2)cnc2ccc(Cl)cc12.